The first-order valence-electron chi connectivity index (χ1n) is 7.32. The van der Waals surface area contributed by atoms with E-state index in [0.29, 0.717) is 18.5 Å². The molecule has 1 saturated heterocycles. The van der Waals surface area contributed by atoms with Gasteiger partial charge in [-0.3, -0.25) is 0 Å². The Morgan fingerprint density at radius 3 is 2.77 bits per heavy atom. The van der Waals surface area contributed by atoms with Crippen LogP contribution in [0.3, 0.4) is 0 Å². The number of sulfone groups is 1. The summed E-state index contributed by atoms with van der Waals surface area (Å²) in [5, 5.41) is 4.15. The lowest BCUT2D eigenvalue weighted by molar-refractivity contribution is 0.539. The molecule has 1 N–H and O–H groups in total. The maximum atomic E-state index is 11.8. The highest BCUT2D eigenvalue weighted by atomic mass is 32.2. The quantitative estimate of drug-likeness (QED) is 0.871. The lowest BCUT2D eigenvalue weighted by Crippen LogP contribution is -2.29. The second kappa shape index (κ2) is 5.52. The molecule has 0 amide bonds. The number of benzene rings is 1. The van der Waals surface area contributed by atoms with E-state index in [1.54, 1.807) is 0 Å². The number of rotatable bonds is 3. The van der Waals surface area contributed by atoms with Crippen molar-refractivity contribution in [2.45, 2.75) is 32.9 Å². The number of aryl methyl sites for hydroxylation is 2. The van der Waals surface area contributed by atoms with Gasteiger partial charge in [0.25, 0.3) is 0 Å². The van der Waals surface area contributed by atoms with Gasteiger partial charge in [0.1, 0.15) is 5.58 Å². The van der Waals surface area contributed by atoms with Gasteiger partial charge in [-0.15, -0.1) is 0 Å². The molecule has 0 aliphatic carbocycles. The van der Waals surface area contributed by atoms with Crippen molar-refractivity contribution in [3.63, 3.8) is 0 Å². The Kier molecular flexibility index (Phi) is 3.82. The van der Waals surface area contributed by atoms with Crippen LogP contribution in [0, 0.1) is 13.8 Å². The molecule has 1 aliphatic heterocycles. The van der Waals surface area contributed by atoms with Gasteiger partial charge in [-0.05, 0) is 37.0 Å². The number of nitrogens with one attached hydrogen (secondary N) is 1. The van der Waals surface area contributed by atoms with E-state index in [2.05, 4.69) is 5.32 Å². The van der Waals surface area contributed by atoms with E-state index < -0.39 is 9.84 Å². The Bertz CT molecular complexity index is 883. The lowest BCUT2D eigenvalue weighted by Gasteiger charge is -2.13. The molecule has 0 spiro atoms. The first-order valence-corrected chi connectivity index (χ1v) is 9.14. The molecule has 0 saturated carbocycles. The van der Waals surface area contributed by atoms with E-state index in [1.807, 2.05) is 26.0 Å². The van der Waals surface area contributed by atoms with Crippen LogP contribution in [0.5, 0.6) is 0 Å². The van der Waals surface area contributed by atoms with E-state index in [4.69, 9.17) is 4.42 Å². The van der Waals surface area contributed by atoms with Crippen molar-refractivity contribution < 1.29 is 12.8 Å². The van der Waals surface area contributed by atoms with E-state index in [9.17, 15) is 13.2 Å². The fourth-order valence-electron chi connectivity index (χ4n) is 2.88. The van der Waals surface area contributed by atoms with Crippen molar-refractivity contribution in [1.82, 2.24) is 5.32 Å². The molecule has 1 fully saturated rings. The van der Waals surface area contributed by atoms with Crippen molar-refractivity contribution in [1.29, 1.82) is 0 Å². The van der Waals surface area contributed by atoms with Crippen LogP contribution in [0.25, 0.3) is 11.0 Å². The van der Waals surface area contributed by atoms with Gasteiger partial charge in [0.2, 0.25) is 0 Å². The lowest BCUT2D eigenvalue weighted by atomic mass is 10.0. The third-order valence-electron chi connectivity index (χ3n) is 4.33. The minimum absolute atomic E-state index is 0.0427. The Morgan fingerprint density at radius 1 is 1.32 bits per heavy atom. The number of hydrogen-bond acceptors (Lipinski definition) is 5. The van der Waals surface area contributed by atoms with Crippen LogP contribution in [-0.4, -0.2) is 26.0 Å². The van der Waals surface area contributed by atoms with Gasteiger partial charge >= 0.3 is 5.63 Å². The molecule has 118 valence electrons. The van der Waals surface area contributed by atoms with Crippen LogP contribution in [0.15, 0.2) is 27.4 Å². The zero-order valence-electron chi connectivity index (χ0n) is 12.7. The zero-order chi connectivity index (χ0) is 15.9. The summed E-state index contributed by atoms with van der Waals surface area (Å²) in [6, 6.07) is 5.39. The Balaban J connectivity index is 1.91. The average Bonchev–Trinajstić information content (AvgIpc) is 2.80. The van der Waals surface area contributed by atoms with Gasteiger partial charge in [0, 0.05) is 24.0 Å². The van der Waals surface area contributed by atoms with E-state index in [1.165, 1.54) is 6.07 Å². The Morgan fingerprint density at radius 2 is 2.09 bits per heavy atom. The molecule has 2 heterocycles. The summed E-state index contributed by atoms with van der Waals surface area (Å²) in [5.74, 6) is 0.408. The standard InChI is InChI=1S/C16H19NO4S/c1-10-3-4-14-12(7-15(18)21-16(14)11(10)2)8-17-13-5-6-22(19,20)9-13/h3-4,7,13,17H,5-6,8-9H2,1-2H3/t13-/m1/s1. The Hall–Kier alpha value is -1.66. The highest BCUT2D eigenvalue weighted by Crippen LogP contribution is 2.23. The third kappa shape index (κ3) is 2.94. The van der Waals surface area contributed by atoms with Gasteiger partial charge in [0.15, 0.2) is 9.84 Å². The predicted molar refractivity (Wildman–Crippen MR) is 85.9 cm³/mol. The van der Waals surface area contributed by atoms with Gasteiger partial charge in [-0.2, -0.15) is 0 Å². The average molecular weight is 321 g/mol. The topological polar surface area (TPSA) is 76.4 Å². The summed E-state index contributed by atoms with van der Waals surface area (Å²) in [7, 11) is -2.91. The predicted octanol–water partition coefficient (Wildman–Crippen LogP) is 1.69. The fraction of sp³-hybridized carbons (Fsp3) is 0.438. The SMILES string of the molecule is Cc1ccc2c(CN[C@@H]3CCS(=O)(=O)C3)cc(=O)oc2c1C. The molecule has 3 rings (SSSR count). The molecular formula is C16H19NO4S. The minimum Gasteiger partial charge on any atom is -0.422 e. The Labute approximate surface area is 129 Å². The molecule has 1 atom stereocenters. The van der Waals surface area contributed by atoms with E-state index in [-0.39, 0.29) is 23.2 Å². The minimum atomic E-state index is -2.91. The van der Waals surface area contributed by atoms with Crippen molar-refractivity contribution in [3.05, 3.63) is 45.3 Å². The maximum Gasteiger partial charge on any atom is 0.336 e. The van der Waals surface area contributed by atoms with E-state index in [0.717, 1.165) is 22.1 Å². The second-order valence-corrected chi connectivity index (χ2v) is 8.18. The fourth-order valence-corrected chi connectivity index (χ4v) is 4.59. The summed E-state index contributed by atoms with van der Waals surface area (Å²) in [6.07, 6.45) is 0.625. The monoisotopic (exact) mass is 321 g/mol. The van der Waals surface area contributed by atoms with E-state index >= 15 is 0 Å². The highest BCUT2D eigenvalue weighted by molar-refractivity contribution is 7.91. The second-order valence-electron chi connectivity index (χ2n) is 5.96. The van der Waals surface area contributed by atoms with Crippen LogP contribution >= 0.6 is 0 Å². The van der Waals surface area contributed by atoms with Gasteiger partial charge < -0.3 is 9.73 Å². The molecular weight excluding hydrogens is 302 g/mol. The van der Waals surface area contributed by atoms with Gasteiger partial charge in [-0.25, -0.2) is 13.2 Å². The molecule has 6 heteroatoms. The normalized spacial score (nSPS) is 20.5. The molecule has 1 aliphatic rings. The van der Waals surface area contributed by atoms with Crippen molar-refractivity contribution >= 4 is 20.8 Å². The van der Waals surface area contributed by atoms with Crippen molar-refractivity contribution in [2.24, 2.45) is 0 Å². The van der Waals surface area contributed by atoms with Crippen LogP contribution in [-0.2, 0) is 16.4 Å². The van der Waals surface area contributed by atoms with Crippen LogP contribution in [0.4, 0.5) is 0 Å². The van der Waals surface area contributed by atoms with Crippen LogP contribution in [0.1, 0.15) is 23.1 Å². The molecule has 1 aromatic heterocycles. The summed E-state index contributed by atoms with van der Waals surface area (Å²) in [5.41, 5.74) is 3.11. The summed E-state index contributed by atoms with van der Waals surface area (Å²) >= 11 is 0. The molecule has 0 unspecified atom stereocenters. The largest absolute Gasteiger partial charge is 0.422 e. The summed E-state index contributed by atoms with van der Waals surface area (Å²) in [6.45, 7) is 4.37. The number of fused-ring (bicyclic) bond motifs is 1. The zero-order valence-corrected chi connectivity index (χ0v) is 13.5. The highest BCUT2D eigenvalue weighted by Gasteiger charge is 2.27. The van der Waals surface area contributed by atoms with Crippen molar-refractivity contribution in [2.75, 3.05) is 11.5 Å². The van der Waals surface area contributed by atoms with Crippen LogP contribution in [0.2, 0.25) is 0 Å². The maximum absolute atomic E-state index is 11.8. The molecule has 2 aromatic rings. The summed E-state index contributed by atoms with van der Waals surface area (Å²) in [4.78, 5) is 11.8. The number of hydrogen-bond donors (Lipinski definition) is 1. The molecule has 5 nitrogen and oxygen atoms in total. The first-order chi connectivity index (χ1) is 10.4. The smallest absolute Gasteiger partial charge is 0.336 e. The molecule has 1 aromatic carbocycles. The molecule has 22 heavy (non-hydrogen) atoms. The van der Waals surface area contributed by atoms with Crippen LogP contribution < -0.4 is 10.9 Å². The van der Waals surface area contributed by atoms with Gasteiger partial charge in [-0.1, -0.05) is 12.1 Å². The summed E-state index contributed by atoms with van der Waals surface area (Å²) < 4.78 is 28.3. The van der Waals surface area contributed by atoms with Crippen molar-refractivity contribution in [3.8, 4) is 0 Å². The van der Waals surface area contributed by atoms with Gasteiger partial charge in [0.05, 0.1) is 11.5 Å². The molecule has 0 bridgehead atoms. The first kappa shape index (κ1) is 15.2. The molecule has 0 radical (unpaired) electrons. The third-order valence-corrected chi connectivity index (χ3v) is 6.10.